The first kappa shape index (κ1) is 20.3. The minimum Gasteiger partial charge on any atom is -0.454 e. The van der Waals surface area contributed by atoms with E-state index in [2.05, 4.69) is 50.6 Å². The highest BCUT2D eigenvalue weighted by Crippen LogP contribution is 2.32. The summed E-state index contributed by atoms with van der Waals surface area (Å²) in [5, 5.41) is 6.72. The predicted octanol–water partition coefficient (Wildman–Crippen LogP) is 2.95. The fraction of sp³-hybridized carbons (Fsp3) is 0.478. The van der Waals surface area contributed by atoms with Crippen molar-refractivity contribution in [2.75, 3.05) is 38.4 Å². The highest BCUT2D eigenvalue weighted by atomic mass is 16.7. The van der Waals surface area contributed by atoms with Crippen LogP contribution in [-0.4, -0.2) is 44.4 Å². The molecule has 1 fully saturated rings. The van der Waals surface area contributed by atoms with Crippen molar-refractivity contribution in [1.29, 1.82) is 0 Å². The SMILES string of the molecule is CN=C(NCCc1ccc2c(c1)OCO2)NCc1ccc(N2CCC(C)CC2)nc1. The van der Waals surface area contributed by atoms with Gasteiger partial charge in [0.15, 0.2) is 17.5 Å². The van der Waals surface area contributed by atoms with Crippen molar-refractivity contribution in [2.45, 2.75) is 32.7 Å². The molecule has 7 nitrogen and oxygen atoms in total. The summed E-state index contributed by atoms with van der Waals surface area (Å²) in [4.78, 5) is 11.4. The number of guanidine groups is 1. The van der Waals surface area contributed by atoms with Crippen molar-refractivity contribution < 1.29 is 9.47 Å². The van der Waals surface area contributed by atoms with E-state index in [4.69, 9.17) is 9.47 Å². The van der Waals surface area contributed by atoms with Gasteiger partial charge in [-0.2, -0.15) is 0 Å². The summed E-state index contributed by atoms with van der Waals surface area (Å²) >= 11 is 0. The summed E-state index contributed by atoms with van der Waals surface area (Å²) in [6.07, 6.45) is 5.33. The number of aromatic nitrogens is 1. The number of rotatable bonds is 6. The Labute approximate surface area is 178 Å². The second-order valence-electron chi connectivity index (χ2n) is 7.98. The lowest BCUT2D eigenvalue weighted by Gasteiger charge is -2.31. The van der Waals surface area contributed by atoms with E-state index in [1.807, 2.05) is 18.3 Å². The van der Waals surface area contributed by atoms with Gasteiger partial charge in [0.1, 0.15) is 5.82 Å². The number of benzene rings is 1. The van der Waals surface area contributed by atoms with Gasteiger partial charge >= 0.3 is 0 Å². The number of nitrogens with one attached hydrogen (secondary N) is 2. The van der Waals surface area contributed by atoms with Gasteiger partial charge in [-0.05, 0) is 54.5 Å². The van der Waals surface area contributed by atoms with Crippen LogP contribution in [0.1, 0.15) is 30.9 Å². The highest BCUT2D eigenvalue weighted by molar-refractivity contribution is 5.79. The van der Waals surface area contributed by atoms with E-state index in [-0.39, 0.29) is 0 Å². The Morgan fingerprint density at radius 2 is 1.90 bits per heavy atom. The number of anilines is 1. The fourth-order valence-electron chi connectivity index (χ4n) is 3.77. The molecule has 0 amide bonds. The molecule has 2 aliphatic rings. The maximum atomic E-state index is 5.44. The molecule has 1 saturated heterocycles. The second kappa shape index (κ2) is 9.69. The number of pyridine rings is 1. The van der Waals surface area contributed by atoms with Crippen LogP contribution < -0.4 is 25.0 Å². The molecule has 30 heavy (non-hydrogen) atoms. The standard InChI is InChI=1S/C23H31N5O2/c1-17-8-11-28(12-9-17)22-6-4-19(14-26-22)15-27-23(24-2)25-10-7-18-3-5-20-21(13-18)30-16-29-20/h3-6,13-14,17H,7-12,15-16H2,1-2H3,(H2,24,25,27). The first-order valence-corrected chi connectivity index (χ1v) is 10.7. The largest absolute Gasteiger partial charge is 0.454 e. The van der Waals surface area contributed by atoms with Gasteiger partial charge in [-0.25, -0.2) is 4.98 Å². The Morgan fingerprint density at radius 3 is 2.67 bits per heavy atom. The first-order chi connectivity index (χ1) is 14.7. The molecule has 0 atom stereocenters. The number of ether oxygens (including phenoxy) is 2. The van der Waals surface area contributed by atoms with Gasteiger partial charge in [-0.1, -0.05) is 19.1 Å². The number of hydrogen-bond acceptors (Lipinski definition) is 5. The van der Waals surface area contributed by atoms with Gasteiger partial charge in [-0.15, -0.1) is 0 Å². The Kier molecular flexibility index (Phi) is 6.57. The molecule has 2 aromatic rings. The third-order valence-electron chi connectivity index (χ3n) is 5.74. The van der Waals surface area contributed by atoms with Crippen LogP contribution >= 0.6 is 0 Å². The molecule has 0 radical (unpaired) electrons. The van der Waals surface area contributed by atoms with Crippen LogP contribution in [0.5, 0.6) is 11.5 Å². The van der Waals surface area contributed by atoms with E-state index < -0.39 is 0 Å². The third-order valence-corrected chi connectivity index (χ3v) is 5.74. The number of nitrogens with zero attached hydrogens (tertiary/aromatic N) is 3. The molecular weight excluding hydrogens is 378 g/mol. The zero-order valence-electron chi connectivity index (χ0n) is 17.9. The molecule has 4 rings (SSSR count). The van der Waals surface area contributed by atoms with Crippen LogP contribution in [0, 0.1) is 5.92 Å². The molecule has 7 heteroatoms. The van der Waals surface area contributed by atoms with Gasteiger partial charge in [-0.3, -0.25) is 4.99 Å². The summed E-state index contributed by atoms with van der Waals surface area (Å²) < 4.78 is 10.8. The van der Waals surface area contributed by atoms with Gasteiger partial charge in [0.05, 0.1) is 0 Å². The van der Waals surface area contributed by atoms with E-state index in [0.29, 0.717) is 13.3 Å². The molecule has 1 aromatic heterocycles. The summed E-state index contributed by atoms with van der Waals surface area (Å²) in [6.45, 7) is 6.31. The Hall–Kier alpha value is -2.96. The molecule has 2 N–H and O–H groups in total. The third kappa shape index (κ3) is 5.14. The number of aliphatic imine (C=N–C) groups is 1. The molecule has 0 saturated carbocycles. The van der Waals surface area contributed by atoms with E-state index in [0.717, 1.165) is 60.8 Å². The smallest absolute Gasteiger partial charge is 0.231 e. The van der Waals surface area contributed by atoms with Gasteiger partial charge in [0, 0.05) is 39.4 Å². The molecular formula is C23H31N5O2. The van der Waals surface area contributed by atoms with Gasteiger partial charge < -0.3 is 25.0 Å². The zero-order valence-corrected chi connectivity index (χ0v) is 17.9. The Balaban J connectivity index is 1.21. The van der Waals surface area contributed by atoms with Crippen molar-refractivity contribution in [3.63, 3.8) is 0 Å². The molecule has 0 aliphatic carbocycles. The molecule has 0 bridgehead atoms. The quantitative estimate of drug-likeness (QED) is 0.565. The summed E-state index contributed by atoms with van der Waals surface area (Å²) in [5.41, 5.74) is 2.34. The minimum absolute atomic E-state index is 0.306. The van der Waals surface area contributed by atoms with Crippen LogP contribution in [0.4, 0.5) is 5.82 Å². The number of fused-ring (bicyclic) bond motifs is 1. The maximum Gasteiger partial charge on any atom is 0.231 e. The molecule has 3 heterocycles. The second-order valence-corrected chi connectivity index (χ2v) is 7.98. The zero-order chi connectivity index (χ0) is 20.8. The minimum atomic E-state index is 0.306. The van der Waals surface area contributed by atoms with Crippen LogP contribution in [0.15, 0.2) is 41.5 Å². The molecule has 160 valence electrons. The van der Waals surface area contributed by atoms with Crippen LogP contribution in [0.2, 0.25) is 0 Å². The lowest BCUT2D eigenvalue weighted by molar-refractivity contribution is 0.174. The first-order valence-electron chi connectivity index (χ1n) is 10.7. The van der Waals surface area contributed by atoms with Crippen molar-refractivity contribution in [3.8, 4) is 11.5 Å². The molecule has 2 aliphatic heterocycles. The van der Waals surface area contributed by atoms with Crippen molar-refractivity contribution >= 4 is 11.8 Å². The Morgan fingerprint density at radius 1 is 1.10 bits per heavy atom. The highest BCUT2D eigenvalue weighted by Gasteiger charge is 2.16. The maximum absolute atomic E-state index is 5.44. The van der Waals surface area contributed by atoms with E-state index in [1.54, 1.807) is 7.05 Å². The fourth-order valence-corrected chi connectivity index (χ4v) is 3.77. The number of hydrogen-bond donors (Lipinski definition) is 2. The van der Waals surface area contributed by atoms with E-state index >= 15 is 0 Å². The topological polar surface area (TPSA) is 71.0 Å². The Bertz CT molecular complexity index is 860. The summed E-state index contributed by atoms with van der Waals surface area (Å²) in [5.74, 6) is 4.33. The van der Waals surface area contributed by atoms with Crippen LogP contribution in [0.3, 0.4) is 0 Å². The van der Waals surface area contributed by atoms with E-state index in [9.17, 15) is 0 Å². The van der Waals surface area contributed by atoms with Crippen LogP contribution in [-0.2, 0) is 13.0 Å². The predicted molar refractivity (Wildman–Crippen MR) is 119 cm³/mol. The molecule has 0 unspecified atom stereocenters. The summed E-state index contributed by atoms with van der Waals surface area (Å²) in [7, 11) is 1.79. The van der Waals surface area contributed by atoms with E-state index in [1.165, 1.54) is 18.4 Å². The lowest BCUT2D eigenvalue weighted by Crippen LogP contribution is -2.38. The average molecular weight is 410 g/mol. The van der Waals surface area contributed by atoms with Gasteiger partial charge in [0.25, 0.3) is 0 Å². The molecule has 0 spiro atoms. The normalized spacial score (nSPS) is 16.6. The average Bonchev–Trinajstić information content (AvgIpc) is 3.25. The molecule has 1 aromatic carbocycles. The van der Waals surface area contributed by atoms with Crippen molar-refractivity contribution in [2.24, 2.45) is 10.9 Å². The van der Waals surface area contributed by atoms with Crippen molar-refractivity contribution in [3.05, 3.63) is 47.7 Å². The summed E-state index contributed by atoms with van der Waals surface area (Å²) in [6, 6.07) is 10.3. The van der Waals surface area contributed by atoms with Crippen LogP contribution in [0.25, 0.3) is 0 Å². The monoisotopic (exact) mass is 409 g/mol. The number of piperidine rings is 1. The van der Waals surface area contributed by atoms with Crippen molar-refractivity contribution in [1.82, 2.24) is 15.6 Å². The van der Waals surface area contributed by atoms with Gasteiger partial charge in [0.2, 0.25) is 6.79 Å². The lowest BCUT2D eigenvalue weighted by atomic mass is 9.99.